The van der Waals surface area contributed by atoms with Crippen LogP contribution in [0.25, 0.3) is 0 Å². The number of rotatable bonds is 9. The Bertz CT molecular complexity index is 1180. The van der Waals surface area contributed by atoms with Gasteiger partial charge in [-0.25, -0.2) is 4.79 Å². The molecule has 4 saturated carbocycles. The molecule has 4 bridgehead atoms. The van der Waals surface area contributed by atoms with Crippen molar-refractivity contribution in [3.8, 4) is 0 Å². The fraction of sp³-hybridized carbons (Fsp3) is 0.562. The minimum absolute atomic E-state index is 0.0548. The summed E-state index contributed by atoms with van der Waals surface area (Å²) in [6.07, 6.45) is 9.05. The van der Waals surface area contributed by atoms with Crippen molar-refractivity contribution in [3.05, 3.63) is 59.2 Å². The van der Waals surface area contributed by atoms with Crippen LogP contribution in [0.2, 0.25) is 0 Å². The first kappa shape index (κ1) is 26.2. The molecule has 7 heteroatoms. The fourth-order valence-electron chi connectivity index (χ4n) is 8.06. The van der Waals surface area contributed by atoms with Gasteiger partial charge in [-0.3, -0.25) is 4.79 Å². The second-order valence-corrected chi connectivity index (χ2v) is 12.3. The van der Waals surface area contributed by atoms with Gasteiger partial charge < -0.3 is 25.6 Å². The average molecular weight is 531 g/mol. The molecule has 3 amide bonds. The Morgan fingerprint density at radius 3 is 2.44 bits per heavy atom. The lowest BCUT2D eigenvalue weighted by Crippen LogP contribution is -2.60. The van der Waals surface area contributed by atoms with Crippen molar-refractivity contribution in [2.24, 2.45) is 17.8 Å². The number of amides is 3. The molecule has 5 aliphatic rings. The molecule has 7 rings (SSSR count). The van der Waals surface area contributed by atoms with E-state index in [-0.39, 0.29) is 17.5 Å². The van der Waals surface area contributed by atoms with Gasteiger partial charge in [0.2, 0.25) is 0 Å². The van der Waals surface area contributed by atoms with Gasteiger partial charge >= 0.3 is 6.03 Å². The van der Waals surface area contributed by atoms with Crippen LogP contribution in [0.5, 0.6) is 0 Å². The fourth-order valence-corrected chi connectivity index (χ4v) is 8.06. The van der Waals surface area contributed by atoms with Gasteiger partial charge in [0.1, 0.15) is 0 Å². The summed E-state index contributed by atoms with van der Waals surface area (Å²) in [5.41, 5.74) is 4.76. The number of carbonyl (C=O) groups excluding carboxylic acids is 2. The number of nitrogens with zero attached hydrogens (tertiary/aromatic N) is 1. The van der Waals surface area contributed by atoms with E-state index < -0.39 is 0 Å². The SMILES string of the molecule is CCOCCCNC(=O)c1cc(NC(=O)NC23CC4CC(CC(C4)C2)C3)ccc1N1CCc2ccccc2C1. The van der Waals surface area contributed by atoms with E-state index >= 15 is 0 Å². The Balaban J connectivity index is 1.18. The lowest BCUT2D eigenvalue weighted by Gasteiger charge is -2.56. The van der Waals surface area contributed by atoms with Gasteiger partial charge in [-0.1, -0.05) is 24.3 Å². The summed E-state index contributed by atoms with van der Waals surface area (Å²) in [4.78, 5) is 28.9. The Morgan fingerprint density at radius 1 is 1.00 bits per heavy atom. The number of urea groups is 1. The molecule has 208 valence electrons. The first-order chi connectivity index (χ1) is 19.0. The van der Waals surface area contributed by atoms with Gasteiger partial charge in [-0.2, -0.15) is 0 Å². The third-order valence-electron chi connectivity index (χ3n) is 9.34. The van der Waals surface area contributed by atoms with Gasteiger partial charge in [0.15, 0.2) is 0 Å². The van der Waals surface area contributed by atoms with E-state index in [0.29, 0.717) is 31.0 Å². The maximum Gasteiger partial charge on any atom is 0.319 e. The molecule has 0 saturated heterocycles. The molecular weight excluding hydrogens is 488 g/mol. The molecular formula is C32H42N4O3. The molecule has 4 aliphatic carbocycles. The highest BCUT2D eigenvalue weighted by atomic mass is 16.5. The highest BCUT2D eigenvalue weighted by Crippen LogP contribution is 2.55. The van der Waals surface area contributed by atoms with Crippen molar-refractivity contribution >= 4 is 23.3 Å². The van der Waals surface area contributed by atoms with Gasteiger partial charge in [-0.15, -0.1) is 0 Å². The maximum absolute atomic E-state index is 13.4. The number of hydrogen-bond acceptors (Lipinski definition) is 4. The van der Waals surface area contributed by atoms with E-state index in [1.165, 1.54) is 30.4 Å². The van der Waals surface area contributed by atoms with Gasteiger partial charge in [0, 0.05) is 49.8 Å². The Kier molecular flexibility index (Phi) is 7.52. The molecule has 1 aliphatic heterocycles. The third kappa shape index (κ3) is 5.79. The number of benzene rings is 2. The largest absolute Gasteiger partial charge is 0.382 e. The molecule has 3 N–H and O–H groups in total. The number of carbonyl (C=O) groups is 2. The predicted octanol–water partition coefficient (Wildman–Crippen LogP) is 5.50. The third-order valence-corrected chi connectivity index (χ3v) is 9.34. The van der Waals surface area contributed by atoms with E-state index in [0.717, 1.165) is 68.6 Å². The van der Waals surface area contributed by atoms with Crippen LogP contribution in [0.4, 0.5) is 16.2 Å². The summed E-state index contributed by atoms with van der Waals surface area (Å²) in [7, 11) is 0. The van der Waals surface area contributed by atoms with Crippen molar-refractivity contribution in [2.45, 2.75) is 70.4 Å². The zero-order valence-corrected chi connectivity index (χ0v) is 23.1. The minimum atomic E-state index is -0.153. The summed E-state index contributed by atoms with van der Waals surface area (Å²) in [5, 5.41) is 9.53. The average Bonchev–Trinajstić information content (AvgIpc) is 2.91. The van der Waals surface area contributed by atoms with E-state index in [1.54, 1.807) is 0 Å². The summed E-state index contributed by atoms with van der Waals surface area (Å²) in [6, 6.07) is 14.1. The predicted molar refractivity (Wildman–Crippen MR) is 154 cm³/mol. The molecule has 0 spiro atoms. The second kappa shape index (κ2) is 11.2. The quantitative estimate of drug-likeness (QED) is 0.374. The number of nitrogens with one attached hydrogen (secondary N) is 3. The molecule has 4 fully saturated rings. The van der Waals surface area contributed by atoms with Gasteiger partial charge in [0.25, 0.3) is 5.91 Å². The number of hydrogen-bond donors (Lipinski definition) is 3. The molecule has 39 heavy (non-hydrogen) atoms. The molecule has 0 unspecified atom stereocenters. The van der Waals surface area contributed by atoms with Crippen LogP contribution < -0.4 is 20.9 Å². The van der Waals surface area contributed by atoms with Crippen molar-refractivity contribution in [1.82, 2.24) is 10.6 Å². The Hall–Kier alpha value is -3.06. The summed E-state index contributed by atoms with van der Waals surface area (Å²) in [6.45, 7) is 5.43. The van der Waals surface area contributed by atoms with E-state index in [4.69, 9.17) is 4.74 Å². The van der Waals surface area contributed by atoms with Crippen LogP contribution >= 0.6 is 0 Å². The molecule has 2 aromatic carbocycles. The molecule has 1 heterocycles. The van der Waals surface area contributed by atoms with Gasteiger partial charge in [-0.05, 0) is 105 Å². The lowest BCUT2D eigenvalue weighted by atomic mass is 9.53. The Morgan fingerprint density at radius 2 is 1.72 bits per heavy atom. The molecule has 0 aromatic heterocycles. The number of ether oxygens (including phenoxy) is 1. The van der Waals surface area contributed by atoms with Crippen LogP contribution in [0.1, 0.15) is 73.4 Å². The minimum Gasteiger partial charge on any atom is -0.382 e. The van der Waals surface area contributed by atoms with E-state index in [2.05, 4.69) is 45.1 Å². The van der Waals surface area contributed by atoms with E-state index in [1.807, 2.05) is 25.1 Å². The van der Waals surface area contributed by atoms with Crippen LogP contribution in [0, 0.1) is 17.8 Å². The van der Waals surface area contributed by atoms with Crippen LogP contribution in [-0.4, -0.2) is 43.8 Å². The number of fused-ring (bicyclic) bond motifs is 1. The van der Waals surface area contributed by atoms with Gasteiger partial charge in [0.05, 0.1) is 5.56 Å². The zero-order chi connectivity index (χ0) is 26.8. The first-order valence-electron chi connectivity index (χ1n) is 14.9. The standard InChI is InChI=1S/C32H42N4O3/c1-2-39-13-5-11-33-30(37)28-17-27(8-9-29(28)36-12-10-25-6-3-4-7-26(25)21-36)34-31(38)35-32-18-22-14-23(19-32)16-24(15-22)20-32/h3-4,6-9,17,22-24H,2,5,10-16,18-21H2,1H3,(H,33,37)(H2,34,35,38). The summed E-state index contributed by atoms with van der Waals surface area (Å²) < 4.78 is 5.42. The molecule has 2 aromatic rings. The molecule has 7 nitrogen and oxygen atoms in total. The lowest BCUT2D eigenvalue weighted by molar-refractivity contribution is -0.0127. The van der Waals surface area contributed by atoms with Crippen molar-refractivity contribution in [3.63, 3.8) is 0 Å². The maximum atomic E-state index is 13.4. The second-order valence-electron chi connectivity index (χ2n) is 12.3. The smallest absolute Gasteiger partial charge is 0.319 e. The summed E-state index contributed by atoms with van der Waals surface area (Å²) in [5.74, 6) is 2.18. The normalized spacial score (nSPS) is 26.7. The van der Waals surface area contributed by atoms with Crippen molar-refractivity contribution < 1.29 is 14.3 Å². The number of anilines is 2. The zero-order valence-electron chi connectivity index (χ0n) is 23.1. The van der Waals surface area contributed by atoms with Crippen LogP contribution in [0.15, 0.2) is 42.5 Å². The molecule has 0 radical (unpaired) electrons. The van der Waals surface area contributed by atoms with Crippen LogP contribution in [-0.2, 0) is 17.7 Å². The topological polar surface area (TPSA) is 82.7 Å². The van der Waals surface area contributed by atoms with Crippen molar-refractivity contribution in [2.75, 3.05) is 36.5 Å². The molecule has 0 atom stereocenters. The Labute approximate surface area is 232 Å². The highest BCUT2D eigenvalue weighted by Gasteiger charge is 2.51. The van der Waals surface area contributed by atoms with Crippen molar-refractivity contribution in [1.29, 1.82) is 0 Å². The first-order valence-corrected chi connectivity index (χ1v) is 14.9. The monoisotopic (exact) mass is 530 g/mol. The van der Waals surface area contributed by atoms with E-state index in [9.17, 15) is 9.59 Å². The summed E-state index contributed by atoms with van der Waals surface area (Å²) >= 11 is 0. The highest BCUT2D eigenvalue weighted by molar-refractivity contribution is 6.02. The van der Waals surface area contributed by atoms with Crippen LogP contribution in [0.3, 0.4) is 0 Å².